The van der Waals surface area contributed by atoms with Crippen LogP contribution >= 0.6 is 23.2 Å². The van der Waals surface area contributed by atoms with E-state index in [4.69, 9.17) is 23.2 Å². The van der Waals surface area contributed by atoms with Crippen LogP contribution in [0.3, 0.4) is 0 Å². The molecule has 0 aliphatic carbocycles. The Morgan fingerprint density at radius 2 is 1.54 bits per heavy atom. The minimum Gasteiger partial charge on any atom is -0.352 e. The fraction of sp³-hybridized carbons (Fsp3) is 0.355. The molecule has 3 aromatic carbocycles. The summed E-state index contributed by atoms with van der Waals surface area (Å²) in [5.41, 5.74) is 2.07. The van der Waals surface area contributed by atoms with Crippen LogP contribution in [0.5, 0.6) is 0 Å². The molecule has 1 N–H and O–H groups in total. The Hall–Kier alpha value is -3.07. The van der Waals surface area contributed by atoms with E-state index >= 15 is 0 Å². The van der Waals surface area contributed by atoms with Crippen molar-refractivity contribution in [3.8, 4) is 0 Å². The number of benzene rings is 3. The normalized spacial score (nSPS) is 12.8. The molecule has 0 heterocycles. The number of sulfonamides is 1. The molecule has 3 aromatic rings. The Labute approximate surface area is 253 Å². The number of anilines is 1. The van der Waals surface area contributed by atoms with Gasteiger partial charge in [0.25, 0.3) is 0 Å². The molecule has 0 saturated heterocycles. The lowest BCUT2D eigenvalue weighted by Crippen LogP contribution is -2.52. The van der Waals surface area contributed by atoms with Gasteiger partial charge in [-0.2, -0.15) is 0 Å². The van der Waals surface area contributed by atoms with Gasteiger partial charge in [0, 0.05) is 37.0 Å². The number of halogens is 2. The third-order valence-electron chi connectivity index (χ3n) is 6.80. The van der Waals surface area contributed by atoms with Crippen LogP contribution in [0.4, 0.5) is 5.69 Å². The van der Waals surface area contributed by atoms with Crippen LogP contribution in [-0.2, 0) is 32.6 Å². The maximum Gasteiger partial charge on any atom is 0.243 e. The molecule has 220 valence electrons. The fourth-order valence-corrected chi connectivity index (χ4v) is 5.84. The summed E-state index contributed by atoms with van der Waals surface area (Å²) in [4.78, 5) is 29.1. The predicted octanol–water partition coefficient (Wildman–Crippen LogP) is 6.09. The van der Waals surface area contributed by atoms with Crippen molar-refractivity contribution in [2.45, 2.75) is 58.2 Å². The third kappa shape index (κ3) is 9.76. The summed E-state index contributed by atoms with van der Waals surface area (Å²) in [6.07, 6.45) is 2.42. The van der Waals surface area contributed by atoms with Gasteiger partial charge in [-0.25, -0.2) is 8.42 Å². The topological polar surface area (TPSA) is 86.8 Å². The first-order chi connectivity index (χ1) is 19.5. The number of hydrogen-bond acceptors (Lipinski definition) is 4. The highest BCUT2D eigenvalue weighted by Gasteiger charge is 2.31. The molecule has 10 heteroatoms. The first kappa shape index (κ1) is 32.4. The highest BCUT2D eigenvalue weighted by atomic mass is 35.5. The Balaban J connectivity index is 1.89. The average molecular weight is 619 g/mol. The zero-order valence-electron chi connectivity index (χ0n) is 23.6. The Morgan fingerprint density at radius 3 is 2.12 bits per heavy atom. The molecule has 0 saturated carbocycles. The zero-order chi connectivity index (χ0) is 30.0. The van der Waals surface area contributed by atoms with E-state index in [-0.39, 0.29) is 54.5 Å². The van der Waals surface area contributed by atoms with E-state index in [1.807, 2.05) is 74.5 Å². The van der Waals surface area contributed by atoms with Crippen molar-refractivity contribution >= 4 is 50.7 Å². The minimum absolute atomic E-state index is 0.0201. The lowest BCUT2D eigenvalue weighted by atomic mass is 10.0. The van der Waals surface area contributed by atoms with E-state index in [1.54, 1.807) is 11.0 Å². The lowest BCUT2D eigenvalue weighted by molar-refractivity contribution is -0.141. The van der Waals surface area contributed by atoms with Crippen molar-refractivity contribution in [2.24, 2.45) is 0 Å². The molecule has 0 aliphatic rings. The van der Waals surface area contributed by atoms with Crippen LogP contribution in [-0.4, -0.2) is 50.0 Å². The molecule has 41 heavy (non-hydrogen) atoms. The number of nitrogens with one attached hydrogen (secondary N) is 1. The van der Waals surface area contributed by atoms with Crippen molar-refractivity contribution in [1.29, 1.82) is 0 Å². The van der Waals surface area contributed by atoms with Crippen LogP contribution in [0.25, 0.3) is 0 Å². The van der Waals surface area contributed by atoms with Gasteiger partial charge < -0.3 is 10.2 Å². The monoisotopic (exact) mass is 617 g/mol. The third-order valence-corrected chi connectivity index (χ3v) is 8.53. The number of hydrogen-bond donors (Lipinski definition) is 1. The molecule has 0 bridgehead atoms. The highest BCUT2D eigenvalue weighted by molar-refractivity contribution is 7.92. The van der Waals surface area contributed by atoms with Crippen LogP contribution in [0.15, 0.2) is 78.9 Å². The Morgan fingerprint density at radius 1 is 0.927 bits per heavy atom. The Kier molecular flexibility index (Phi) is 12.1. The highest BCUT2D eigenvalue weighted by Crippen LogP contribution is 2.31. The molecule has 7 nitrogen and oxygen atoms in total. The van der Waals surface area contributed by atoms with Crippen molar-refractivity contribution < 1.29 is 18.0 Å². The van der Waals surface area contributed by atoms with Crippen LogP contribution < -0.4 is 9.62 Å². The van der Waals surface area contributed by atoms with Gasteiger partial charge in [0.1, 0.15) is 6.04 Å². The van der Waals surface area contributed by atoms with Crippen LogP contribution in [0.1, 0.15) is 44.2 Å². The van der Waals surface area contributed by atoms with Gasteiger partial charge in [-0.05, 0) is 49.1 Å². The molecule has 0 radical (unpaired) electrons. The van der Waals surface area contributed by atoms with E-state index < -0.39 is 16.1 Å². The number of amides is 2. The van der Waals surface area contributed by atoms with E-state index in [9.17, 15) is 18.0 Å². The van der Waals surface area contributed by atoms with Crippen LogP contribution in [0.2, 0.25) is 10.0 Å². The van der Waals surface area contributed by atoms with Gasteiger partial charge in [-0.3, -0.25) is 13.9 Å². The molecule has 3 rings (SSSR count). The Bertz CT molecular complexity index is 1410. The van der Waals surface area contributed by atoms with E-state index in [0.717, 1.165) is 28.1 Å². The largest absolute Gasteiger partial charge is 0.352 e. The first-order valence-electron chi connectivity index (χ1n) is 13.6. The predicted molar refractivity (Wildman–Crippen MR) is 167 cm³/mol. The molecular formula is C31H37Cl2N3O4S. The molecule has 0 fully saturated rings. The average Bonchev–Trinajstić information content (AvgIpc) is 2.94. The zero-order valence-corrected chi connectivity index (χ0v) is 25.9. The maximum absolute atomic E-state index is 13.9. The molecule has 0 aliphatic heterocycles. The maximum atomic E-state index is 13.9. The standard InChI is InChI=1S/C31H37Cl2N3O4S/c1-4-23(2)34-31(38)29(20-24-12-7-5-8-13-24)35(22-25-14-9-6-10-15-25)30(37)16-11-19-36(41(3,39)40)28-21-26(32)17-18-27(28)33/h5-10,12-15,17-18,21,23,29H,4,11,16,19-20,22H2,1-3H3,(H,34,38)/t23-,29-/m1/s1. The summed E-state index contributed by atoms with van der Waals surface area (Å²) >= 11 is 12.4. The van der Waals surface area contributed by atoms with Gasteiger partial charge in [0.2, 0.25) is 21.8 Å². The molecule has 2 atom stereocenters. The van der Waals surface area contributed by atoms with E-state index in [2.05, 4.69) is 5.32 Å². The minimum atomic E-state index is -3.71. The summed E-state index contributed by atoms with van der Waals surface area (Å²) in [6.45, 7) is 4.18. The van der Waals surface area contributed by atoms with Gasteiger partial charge in [-0.15, -0.1) is 0 Å². The first-order valence-corrected chi connectivity index (χ1v) is 16.2. The molecular weight excluding hydrogens is 581 g/mol. The molecule has 2 amide bonds. The van der Waals surface area contributed by atoms with Crippen molar-refractivity contribution in [3.63, 3.8) is 0 Å². The molecule has 0 unspecified atom stereocenters. The van der Waals surface area contributed by atoms with Crippen molar-refractivity contribution in [2.75, 3.05) is 17.1 Å². The summed E-state index contributed by atoms with van der Waals surface area (Å²) in [5, 5.41) is 3.63. The number of rotatable bonds is 14. The molecule has 0 aromatic heterocycles. The SMILES string of the molecule is CC[C@@H](C)NC(=O)[C@@H](Cc1ccccc1)N(Cc1ccccc1)C(=O)CCCN(c1cc(Cl)ccc1Cl)S(C)(=O)=O. The van der Waals surface area contributed by atoms with Gasteiger partial charge in [0.15, 0.2) is 0 Å². The van der Waals surface area contributed by atoms with E-state index in [1.165, 1.54) is 12.1 Å². The second-order valence-electron chi connectivity index (χ2n) is 10.1. The summed E-state index contributed by atoms with van der Waals surface area (Å²) < 4.78 is 26.5. The number of nitrogens with zero attached hydrogens (tertiary/aromatic N) is 2. The quantitative estimate of drug-likeness (QED) is 0.237. The lowest BCUT2D eigenvalue weighted by Gasteiger charge is -2.32. The van der Waals surface area contributed by atoms with Crippen molar-refractivity contribution in [1.82, 2.24) is 10.2 Å². The van der Waals surface area contributed by atoms with Gasteiger partial charge >= 0.3 is 0 Å². The second kappa shape index (κ2) is 15.2. The van der Waals surface area contributed by atoms with Gasteiger partial charge in [-0.1, -0.05) is 90.8 Å². The van der Waals surface area contributed by atoms with Crippen LogP contribution in [0, 0.1) is 0 Å². The number of carbonyl (C=O) groups is 2. The molecule has 0 spiro atoms. The summed E-state index contributed by atoms with van der Waals surface area (Å²) in [6, 6.07) is 22.9. The fourth-order valence-electron chi connectivity index (χ4n) is 4.43. The van der Waals surface area contributed by atoms with Crippen molar-refractivity contribution in [3.05, 3.63) is 100 Å². The summed E-state index contributed by atoms with van der Waals surface area (Å²) in [5.74, 6) is -0.476. The second-order valence-corrected chi connectivity index (χ2v) is 12.8. The smallest absolute Gasteiger partial charge is 0.243 e. The summed E-state index contributed by atoms with van der Waals surface area (Å²) in [7, 11) is -3.71. The number of carbonyl (C=O) groups excluding carboxylic acids is 2. The van der Waals surface area contributed by atoms with Gasteiger partial charge in [0.05, 0.1) is 17.0 Å². The van der Waals surface area contributed by atoms with E-state index in [0.29, 0.717) is 11.4 Å².